The van der Waals surface area contributed by atoms with Crippen molar-refractivity contribution in [3.8, 4) is 0 Å². The van der Waals surface area contributed by atoms with Crippen LogP contribution in [0.25, 0.3) is 0 Å². The highest BCUT2D eigenvalue weighted by molar-refractivity contribution is 5.77. The number of hydrogen-bond donors (Lipinski definition) is 3. The van der Waals surface area contributed by atoms with Gasteiger partial charge < -0.3 is 15.7 Å². The number of benzene rings is 1. The molecule has 88 valence electrons. The second kappa shape index (κ2) is 6.19. The minimum atomic E-state index is -0.456. The van der Waals surface area contributed by atoms with Crippen molar-refractivity contribution < 1.29 is 14.3 Å². The number of carbonyl (C=O) groups is 1. The van der Waals surface area contributed by atoms with Gasteiger partial charge in [0.2, 0.25) is 5.91 Å². The third-order valence-electron chi connectivity index (χ3n) is 2.11. The van der Waals surface area contributed by atoms with E-state index in [4.69, 9.17) is 5.11 Å². The van der Waals surface area contributed by atoms with Gasteiger partial charge in [0.25, 0.3) is 0 Å². The maximum Gasteiger partial charge on any atom is 0.234 e. The van der Waals surface area contributed by atoms with Gasteiger partial charge in [0.1, 0.15) is 5.82 Å². The van der Waals surface area contributed by atoms with Crippen molar-refractivity contribution in [2.24, 2.45) is 0 Å². The molecule has 1 rings (SSSR count). The molecule has 16 heavy (non-hydrogen) atoms. The zero-order chi connectivity index (χ0) is 12.0. The van der Waals surface area contributed by atoms with Gasteiger partial charge in [-0.3, -0.25) is 4.79 Å². The summed E-state index contributed by atoms with van der Waals surface area (Å²) in [7, 11) is 1.68. The van der Waals surface area contributed by atoms with Crippen LogP contribution in [0.15, 0.2) is 18.2 Å². The fraction of sp³-hybridized carbons (Fsp3) is 0.364. The van der Waals surface area contributed by atoms with E-state index in [0.29, 0.717) is 5.56 Å². The monoisotopic (exact) mass is 226 g/mol. The summed E-state index contributed by atoms with van der Waals surface area (Å²) < 4.78 is 13.2. The maximum absolute atomic E-state index is 13.2. The summed E-state index contributed by atoms with van der Waals surface area (Å²) in [6, 6.07) is 4.49. The van der Waals surface area contributed by atoms with Crippen LogP contribution < -0.4 is 10.6 Å². The van der Waals surface area contributed by atoms with Gasteiger partial charge >= 0.3 is 0 Å². The highest BCUT2D eigenvalue weighted by atomic mass is 19.1. The second-order valence-corrected chi connectivity index (χ2v) is 3.39. The zero-order valence-corrected chi connectivity index (χ0v) is 9.09. The summed E-state index contributed by atoms with van der Waals surface area (Å²) in [5, 5.41) is 14.1. The van der Waals surface area contributed by atoms with E-state index >= 15 is 0 Å². The highest BCUT2D eigenvalue weighted by Gasteiger charge is 2.03. The number of hydrogen-bond acceptors (Lipinski definition) is 3. The Morgan fingerprint density at radius 2 is 2.25 bits per heavy atom. The molecule has 1 aromatic carbocycles. The van der Waals surface area contributed by atoms with Crippen LogP contribution >= 0.6 is 0 Å². The summed E-state index contributed by atoms with van der Waals surface area (Å²) >= 11 is 0. The normalized spacial score (nSPS) is 10.2. The first-order valence-electron chi connectivity index (χ1n) is 4.97. The van der Waals surface area contributed by atoms with Crippen LogP contribution in [0, 0.1) is 5.82 Å². The number of carbonyl (C=O) groups excluding carboxylic acids is 1. The average molecular weight is 226 g/mol. The Labute approximate surface area is 93.5 Å². The third-order valence-corrected chi connectivity index (χ3v) is 2.11. The summed E-state index contributed by atoms with van der Waals surface area (Å²) in [5.41, 5.74) is 0.921. The number of rotatable bonds is 5. The van der Waals surface area contributed by atoms with Crippen molar-refractivity contribution >= 4 is 5.91 Å². The fourth-order valence-electron chi connectivity index (χ4n) is 1.25. The number of halogens is 1. The van der Waals surface area contributed by atoms with Crippen molar-refractivity contribution in [2.75, 3.05) is 13.6 Å². The van der Waals surface area contributed by atoms with E-state index in [2.05, 4.69) is 10.6 Å². The molecule has 0 radical (unpaired) electrons. The van der Waals surface area contributed by atoms with Crippen LogP contribution in [0.5, 0.6) is 0 Å². The molecule has 4 nitrogen and oxygen atoms in total. The van der Waals surface area contributed by atoms with Gasteiger partial charge in [-0.15, -0.1) is 0 Å². The first-order valence-corrected chi connectivity index (χ1v) is 4.97. The van der Waals surface area contributed by atoms with Crippen molar-refractivity contribution in [3.63, 3.8) is 0 Å². The van der Waals surface area contributed by atoms with Crippen LogP contribution in [0.3, 0.4) is 0 Å². The van der Waals surface area contributed by atoms with Gasteiger partial charge in [-0.2, -0.15) is 0 Å². The lowest BCUT2D eigenvalue weighted by Gasteiger charge is -2.06. The summed E-state index contributed by atoms with van der Waals surface area (Å²) in [5.74, 6) is -0.600. The van der Waals surface area contributed by atoms with Gasteiger partial charge in [-0.05, 0) is 18.7 Å². The molecule has 1 amide bonds. The summed E-state index contributed by atoms with van der Waals surface area (Å²) in [6.45, 7) is 0.193. The van der Waals surface area contributed by atoms with E-state index in [1.165, 1.54) is 12.1 Å². The fourth-order valence-corrected chi connectivity index (χ4v) is 1.25. The molecule has 0 heterocycles. The van der Waals surface area contributed by atoms with Gasteiger partial charge in [-0.25, -0.2) is 4.39 Å². The van der Waals surface area contributed by atoms with E-state index in [1.807, 2.05) is 0 Å². The molecule has 5 heteroatoms. The minimum Gasteiger partial charge on any atom is -0.392 e. The number of aliphatic hydroxyl groups excluding tert-OH is 1. The lowest BCUT2D eigenvalue weighted by molar-refractivity contribution is -0.120. The highest BCUT2D eigenvalue weighted by Crippen LogP contribution is 2.10. The van der Waals surface area contributed by atoms with Crippen molar-refractivity contribution in [1.82, 2.24) is 10.6 Å². The molecule has 0 saturated carbocycles. The van der Waals surface area contributed by atoms with Crippen LogP contribution in [0.1, 0.15) is 11.1 Å². The number of aliphatic hydroxyl groups is 1. The molecule has 0 fully saturated rings. The molecular weight excluding hydrogens is 211 g/mol. The van der Waals surface area contributed by atoms with Crippen LogP contribution in [-0.2, 0) is 17.9 Å². The largest absolute Gasteiger partial charge is 0.392 e. The molecule has 0 bridgehead atoms. The molecule has 1 aromatic rings. The second-order valence-electron chi connectivity index (χ2n) is 3.39. The Morgan fingerprint density at radius 3 is 2.81 bits per heavy atom. The van der Waals surface area contributed by atoms with Gasteiger partial charge in [0, 0.05) is 12.1 Å². The average Bonchev–Trinajstić information content (AvgIpc) is 2.27. The lowest BCUT2D eigenvalue weighted by Crippen LogP contribution is -2.31. The maximum atomic E-state index is 13.2. The third kappa shape index (κ3) is 3.60. The zero-order valence-electron chi connectivity index (χ0n) is 9.09. The molecule has 0 aliphatic heterocycles. The minimum absolute atomic E-state index is 0.144. The van der Waals surface area contributed by atoms with Gasteiger partial charge in [0.15, 0.2) is 0 Å². The van der Waals surface area contributed by atoms with Crippen molar-refractivity contribution in [3.05, 3.63) is 35.1 Å². The Balaban J connectivity index is 2.55. The number of nitrogens with one attached hydrogen (secondary N) is 2. The molecule has 0 unspecified atom stereocenters. The number of likely N-dealkylation sites (N-methyl/N-ethyl adjacent to an activating group) is 1. The van der Waals surface area contributed by atoms with Crippen molar-refractivity contribution in [2.45, 2.75) is 13.2 Å². The van der Waals surface area contributed by atoms with E-state index in [9.17, 15) is 9.18 Å². The molecule has 0 aliphatic carbocycles. The predicted octanol–water partition coefficient (Wildman–Crippen LogP) is 0.154. The van der Waals surface area contributed by atoms with E-state index in [0.717, 1.165) is 0 Å². The Morgan fingerprint density at radius 1 is 1.50 bits per heavy atom. The molecule has 0 aromatic heterocycles. The smallest absolute Gasteiger partial charge is 0.234 e. The van der Waals surface area contributed by atoms with Crippen molar-refractivity contribution in [1.29, 1.82) is 0 Å². The Kier molecular flexibility index (Phi) is 4.88. The molecule has 0 atom stereocenters. The standard InChI is InChI=1S/C11H15FN2O2/c1-13-6-11(16)14-5-8-2-3-9(7-15)10(12)4-8/h2-4,13,15H,5-7H2,1H3,(H,14,16). The Hall–Kier alpha value is -1.46. The van der Waals surface area contributed by atoms with Gasteiger partial charge in [0.05, 0.1) is 13.2 Å². The van der Waals surface area contributed by atoms with E-state index in [-0.39, 0.29) is 31.2 Å². The summed E-state index contributed by atoms with van der Waals surface area (Å²) in [6.07, 6.45) is 0. The van der Waals surface area contributed by atoms with Crippen LogP contribution in [0.4, 0.5) is 4.39 Å². The SMILES string of the molecule is CNCC(=O)NCc1ccc(CO)c(F)c1. The molecule has 3 N–H and O–H groups in total. The Bertz CT molecular complexity index is 369. The lowest BCUT2D eigenvalue weighted by atomic mass is 10.1. The molecule has 0 saturated heterocycles. The van der Waals surface area contributed by atoms with Crippen LogP contribution in [0.2, 0.25) is 0 Å². The molecular formula is C11H15FN2O2. The molecule has 0 aliphatic rings. The first kappa shape index (κ1) is 12.6. The first-order chi connectivity index (χ1) is 7.67. The quantitative estimate of drug-likeness (QED) is 0.670. The van der Waals surface area contributed by atoms with E-state index in [1.54, 1.807) is 13.1 Å². The number of amides is 1. The molecule has 0 spiro atoms. The summed E-state index contributed by atoms with van der Waals surface area (Å²) in [4.78, 5) is 11.1. The predicted molar refractivity (Wildman–Crippen MR) is 58.1 cm³/mol. The topological polar surface area (TPSA) is 61.4 Å². The van der Waals surface area contributed by atoms with E-state index < -0.39 is 5.82 Å². The van der Waals surface area contributed by atoms with Crippen LogP contribution in [-0.4, -0.2) is 24.6 Å². The van der Waals surface area contributed by atoms with Gasteiger partial charge in [-0.1, -0.05) is 12.1 Å².